The van der Waals surface area contributed by atoms with Crippen LogP contribution >= 0.6 is 11.6 Å². The maximum atomic E-state index is 13.0. The molecule has 2 aromatic carbocycles. The first-order chi connectivity index (χ1) is 16.5. The number of nitrogens with zero attached hydrogens (tertiary/aromatic N) is 3. The second-order valence-corrected chi connectivity index (χ2v) is 9.48. The van der Waals surface area contributed by atoms with Crippen LogP contribution in [0, 0.1) is 0 Å². The fraction of sp³-hybridized carbons (Fsp3) is 0.174. The van der Waals surface area contributed by atoms with Gasteiger partial charge in [0.1, 0.15) is 12.1 Å². The first kappa shape index (κ1) is 26.0. The Hall–Kier alpha value is -3.57. The zero-order valence-corrected chi connectivity index (χ0v) is 20.2. The van der Waals surface area contributed by atoms with Crippen molar-refractivity contribution in [2.75, 3.05) is 19.4 Å². The van der Waals surface area contributed by atoms with E-state index in [1.807, 2.05) is 0 Å². The lowest BCUT2D eigenvalue weighted by Gasteiger charge is -2.13. The second kappa shape index (κ2) is 11.2. The summed E-state index contributed by atoms with van der Waals surface area (Å²) in [6, 6.07) is 12.2. The summed E-state index contributed by atoms with van der Waals surface area (Å²) in [5.41, 5.74) is 1.14. The standard InChI is InChI=1S/C23H21ClF2N4O4S/c1-30(2)14-28-35(32,33)21-11-17(29-22(31)10-15-5-3-4-6-20(15)24)7-8-19(21)16-9-18(13-27-12-16)34-23(25)26/h3-9,11-14,23H,10H2,1-2H3,(H,29,31)/b28-14+. The first-order valence-corrected chi connectivity index (χ1v) is 11.9. The van der Waals surface area contributed by atoms with Crippen LogP contribution in [0.1, 0.15) is 5.56 Å². The number of hydrogen-bond donors (Lipinski definition) is 1. The summed E-state index contributed by atoms with van der Waals surface area (Å²) >= 11 is 6.11. The van der Waals surface area contributed by atoms with Crippen LogP contribution < -0.4 is 10.1 Å². The van der Waals surface area contributed by atoms with Gasteiger partial charge < -0.3 is 15.0 Å². The molecule has 0 saturated heterocycles. The molecule has 12 heteroatoms. The zero-order valence-electron chi connectivity index (χ0n) is 18.7. The van der Waals surface area contributed by atoms with Crippen LogP contribution in [0.5, 0.6) is 5.75 Å². The van der Waals surface area contributed by atoms with Crippen molar-refractivity contribution in [3.63, 3.8) is 0 Å². The number of alkyl halides is 2. The Morgan fingerprint density at radius 1 is 1.20 bits per heavy atom. The Kier molecular flexibility index (Phi) is 8.36. The average molecular weight is 523 g/mol. The van der Waals surface area contributed by atoms with Crippen LogP contribution in [0.3, 0.4) is 0 Å². The summed E-state index contributed by atoms with van der Waals surface area (Å²) in [6.07, 6.45) is 3.46. The van der Waals surface area contributed by atoms with E-state index in [9.17, 15) is 22.0 Å². The van der Waals surface area contributed by atoms with Crippen molar-refractivity contribution in [1.29, 1.82) is 0 Å². The van der Waals surface area contributed by atoms with Crippen LogP contribution in [0.25, 0.3) is 11.1 Å². The largest absolute Gasteiger partial charge is 0.433 e. The highest BCUT2D eigenvalue weighted by molar-refractivity contribution is 7.90. The lowest BCUT2D eigenvalue weighted by molar-refractivity contribution is -0.115. The highest BCUT2D eigenvalue weighted by Crippen LogP contribution is 2.33. The number of ether oxygens (including phenoxy) is 1. The number of hydrogen-bond acceptors (Lipinski definition) is 5. The van der Waals surface area contributed by atoms with Gasteiger partial charge in [0.05, 0.1) is 17.5 Å². The summed E-state index contributed by atoms with van der Waals surface area (Å²) in [5.74, 6) is -0.658. The predicted molar refractivity (Wildman–Crippen MR) is 129 cm³/mol. The van der Waals surface area contributed by atoms with Gasteiger partial charge in [-0.25, -0.2) is 0 Å². The van der Waals surface area contributed by atoms with Crippen molar-refractivity contribution >= 4 is 39.6 Å². The van der Waals surface area contributed by atoms with Gasteiger partial charge in [0.2, 0.25) is 5.91 Å². The van der Waals surface area contributed by atoms with Crippen molar-refractivity contribution in [3.8, 4) is 16.9 Å². The summed E-state index contributed by atoms with van der Waals surface area (Å²) in [4.78, 5) is 17.6. The third-order valence-corrected chi connectivity index (χ3v) is 6.15. The molecule has 1 N–H and O–H groups in total. The lowest BCUT2D eigenvalue weighted by atomic mass is 10.1. The molecule has 1 amide bonds. The number of nitrogens with one attached hydrogen (secondary N) is 1. The fourth-order valence-corrected chi connectivity index (χ4v) is 4.39. The topological polar surface area (TPSA) is 101 Å². The maximum absolute atomic E-state index is 13.0. The minimum absolute atomic E-state index is 0.0285. The Bertz CT molecular complexity index is 1350. The van der Waals surface area contributed by atoms with Crippen LogP contribution in [-0.2, 0) is 21.2 Å². The molecular weight excluding hydrogens is 502 g/mol. The van der Waals surface area contributed by atoms with E-state index in [4.69, 9.17) is 11.6 Å². The number of carbonyl (C=O) groups is 1. The molecule has 8 nitrogen and oxygen atoms in total. The molecular formula is C23H21ClF2N4O4S. The minimum atomic E-state index is -4.26. The summed E-state index contributed by atoms with van der Waals surface area (Å²) in [5, 5.41) is 3.08. The third-order valence-electron chi connectivity index (χ3n) is 4.52. The van der Waals surface area contributed by atoms with E-state index in [0.717, 1.165) is 12.5 Å². The zero-order chi connectivity index (χ0) is 25.6. The summed E-state index contributed by atoms with van der Waals surface area (Å²) in [7, 11) is -1.06. The van der Waals surface area contributed by atoms with Gasteiger partial charge >= 0.3 is 6.61 Å². The minimum Gasteiger partial charge on any atom is -0.433 e. The van der Waals surface area contributed by atoms with Gasteiger partial charge in [0, 0.05) is 42.1 Å². The second-order valence-electron chi connectivity index (χ2n) is 7.47. The molecule has 1 heterocycles. The first-order valence-electron chi connectivity index (χ1n) is 10.1. The van der Waals surface area contributed by atoms with Gasteiger partial charge in [0.15, 0.2) is 0 Å². The highest BCUT2D eigenvalue weighted by Gasteiger charge is 2.21. The maximum Gasteiger partial charge on any atom is 0.387 e. The van der Waals surface area contributed by atoms with E-state index < -0.39 is 22.5 Å². The summed E-state index contributed by atoms with van der Waals surface area (Å²) in [6.45, 7) is -3.07. The van der Waals surface area contributed by atoms with Gasteiger partial charge in [-0.1, -0.05) is 35.9 Å². The Morgan fingerprint density at radius 3 is 2.63 bits per heavy atom. The number of benzene rings is 2. The monoisotopic (exact) mass is 522 g/mol. The lowest BCUT2D eigenvalue weighted by Crippen LogP contribution is -2.15. The molecule has 0 aliphatic carbocycles. The molecule has 1 aromatic heterocycles. The highest BCUT2D eigenvalue weighted by atomic mass is 35.5. The SMILES string of the molecule is CN(C)/C=N/S(=O)(=O)c1cc(NC(=O)Cc2ccccc2Cl)ccc1-c1cncc(OC(F)F)c1. The van der Waals surface area contributed by atoms with Gasteiger partial charge in [-0.2, -0.15) is 17.2 Å². The number of amides is 1. The van der Waals surface area contributed by atoms with E-state index >= 15 is 0 Å². The van der Waals surface area contributed by atoms with Gasteiger partial charge in [0.25, 0.3) is 10.0 Å². The Balaban J connectivity index is 2.00. The van der Waals surface area contributed by atoms with Crippen LogP contribution in [-0.4, -0.2) is 51.3 Å². The molecule has 3 aromatic rings. The molecule has 35 heavy (non-hydrogen) atoms. The van der Waals surface area contributed by atoms with Crippen molar-refractivity contribution in [2.24, 2.45) is 4.40 Å². The van der Waals surface area contributed by atoms with E-state index in [1.165, 1.54) is 35.4 Å². The van der Waals surface area contributed by atoms with Gasteiger partial charge in [-0.05, 0) is 29.8 Å². The number of sulfonamides is 1. The molecule has 0 bridgehead atoms. The van der Waals surface area contributed by atoms with E-state index in [2.05, 4.69) is 19.4 Å². The molecule has 3 rings (SSSR count). The molecule has 0 aliphatic heterocycles. The molecule has 0 atom stereocenters. The van der Waals surface area contributed by atoms with Crippen molar-refractivity contribution in [3.05, 3.63) is 71.5 Å². The Morgan fingerprint density at radius 2 is 1.94 bits per heavy atom. The van der Waals surface area contributed by atoms with E-state index in [-0.39, 0.29) is 33.9 Å². The molecule has 0 radical (unpaired) electrons. The smallest absolute Gasteiger partial charge is 0.387 e. The predicted octanol–water partition coefficient (Wildman–Crippen LogP) is 4.46. The van der Waals surface area contributed by atoms with Crippen molar-refractivity contribution in [2.45, 2.75) is 17.9 Å². The van der Waals surface area contributed by atoms with Gasteiger partial charge in [-0.15, -0.1) is 4.40 Å². The third kappa shape index (κ3) is 7.20. The van der Waals surface area contributed by atoms with Gasteiger partial charge in [-0.3, -0.25) is 9.78 Å². The molecule has 0 unspecified atom stereocenters. The fourth-order valence-electron chi connectivity index (χ4n) is 3.02. The molecule has 0 saturated carbocycles. The average Bonchev–Trinajstić information content (AvgIpc) is 2.79. The molecule has 0 spiro atoms. The van der Waals surface area contributed by atoms with Crippen molar-refractivity contribution < 1.29 is 26.7 Å². The number of pyridine rings is 1. The number of rotatable bonds is 9. The van der Waals surface area contributed by atoms with E-state index in [0.29, 0.717) is 10.6 Å². The van der Waals surface area contributed by atoms with Crippen LogP contribution in [0.2, 0.25) is 5.02 Å². The molecule has 0 fully saturated rings. The number of carbonyl (C=O) groups excluding carboxylic acids is 1. The Labute approximate surface area is 206 Å². The molecule has 184 valence electrons. The van der Waals surface area contributed by atoms with Crippen molar-refractivity contribution in [1.82, 2.24) is 9.88 Å². The normalized spacial score (nSPS) is 11.6. The molecule has 0 aliphatic rings. The summed E-state index contributed by atoms with van der Waals surface area (Å²) < 4.78 is 59.4. The number of aromatic nitrogens is 1. The van der Waals surface area contributed by atoms with Crippen LogP contribution in [0.4, 0.5) is 14.5 Å². The van der Waals surface area contributed by atoms with Crippen LogP contribution in [0.15, 0.2) is 70.2 Å². The van der Waals surface area contributed by atoms with E-state index in [1.54, 1.807) is 38.4 Å². The number of halogens is 3. The number of anilines is 1. The quantitative estimate of drug-likeness (QED) is 0.329.